The highest BCUT2D eigenvalue weighted by Crippen LogP contribution is 2.34. The van der Waals surface area contributed by atoms with Gasteiger partial charge in [0, 0.05) is 38.4 Å². The van der Waals surface area contributed by atoms with Crippen molar-refractivity contribution < 1.29 is 14.1 Å². The number of carbonyl (C=O) groups excluding carboxylic acids is 1. The Morgan fingerprint density at radius 1 is 1.35 bits per heavy atom. The molecule has 0 spiro atoms. The molecule has 1 saturated carbocycles. The Bertz CT molecular complexity index is 766. The van der Waals surface area contributed by atoms with Crippen LogP contribution in [0.2, 0.25) is 0 Å². The van der Waals surface area contributed by atoms with Gasteiger partial charge in [0.1, 0.15) is 5.69 Å². The largest absolute Gasteiger partial charge is 0.381 e. The molecule has 0 N–H and O–H groups in total. The predicted octanol–water partition coefficient (Wildman–Crippen LogP) is 1.88. The lowest BCUT2D eigenvalue weighted by atomic mass is 9.97. The van der Waals surface area contributed by atoms with Crippen molar-refractivity contribution in [1.82, 2.24) is 24.8 Å². The van der Waals surface area contributed by atoms with Crippen LogP contribution in [0.15, 0.2) is 16.8 Å². The van der Waals surface area contributed by atoms with Gasteiger partial charge in [-0.3, -0.25) is 9.48 Å². The number of nitrogens with zero attached hydrogens (tertiary/aromatic N) is 5. The fraction of sp³-hybridized carbons (Fsp3) is 0.667. The van der Waals surface area contributed by atoms with Crippen LogP contribution >= 0.6 is 0 Å². The Balaban J connectivity index is 1.48. The highest BCUT2D eigenvalue weighted by Gasteiger charge is 2.40. The van der Waals surface area contributed by atoms with Gasteiger partial charge in [-0.05, 0) is 38.7 Å². The number of hydrogen-bond donors (Lipinski definition) is 0. The molecule has 1 amide bonds. The second-order valence-electron chi connectivity index (χ2n) is 7.27. The van der Waals surface area contributed by atoms with E-state index in [9.17, 15) is 4.79 Å². The number of aryl methyl sites for hydroxylation is 2. The zero-order valence-electron chi connectivity index (χ0n) is 15.3. The normalized spacial score (nSPS) is 22.9. The molecule has 2 fully saturated rings. The minimum atomic E-state index is -0.00437. The van der Waals surface area contributed by atoms with Gasteiger partial charge in [0.15, 0.2) is 5.82 Å². The van der Waals surface area contributed by atoms with E-state index >= 15 is 0 Å². The maximum atomic E-state index is 13.0. The minimum Gasteiger partial charge on any atom is -0.381 e. The third kappa shape index (κ3) is 3.51. The molecular weight excluding hydrogens is 334 g/mol. The van der Waals surface area contributed by atoms with Gasteiger partial charge in [0.2, 0.25) is 5.89 Å². The highest BCUT2D eigenvalue weighted by atomic mass is 16.5. The van der Waals surface area contributed by atoms with E-state index in [1.54, 1.807) is 16.9 Å². The summed E-state index contributed by atoms with van der Waals surface area (Å²) in [6.45, 7) is 7.07. The van der Waals surface area contributed by atoms with Gasteiger partial charge in [-0.2, -0.15) is 10.1 Å². The summed E-state index contributed by atoms with van der Waals surface area (Å²) in [5.74, 6) is 2.11. The minimum absolute atomic E-state index is 0.00437. The number of carbonyl (C=O) groups is 1. The van der Waals surface area contributed by atoms with E-state index in [0.717, 1.165) is 12.5 Å². The van der Waals surface area contributed by atoms with Crippen molar-refractivity contribution in [3.8, 4) is 0 Å². The summed E-state index contributed by atoms with van der Waals surface area (Å²) in [5, 5.41) is 8.12. The number of amides is 1. The quantitative estimate of drug-likeness (QED) is 0.750. The Kier molecular flexibility index (Phi) is 4.76. The van der Waals surface area contributed by atoms with Crippen molar-refractivity contribution in [2.45, 2.75) is 39.2 Å². The summed E-state index contributed by atoms with van der Waals surface area (Å²) in [5.41, 5.74) is 0.618. The van der Waals surface area contributed by atoms with E-state index in [2.05, 4.69) is 15.2 Å². The van der Waals surface area contributed by atoms with Crippen molar-refractivity contribution in [1.29, 1.82) is 0 Å². The Hall–Kier alpha value is -2.22. The Morgan fingerprint density at radius 3 is 2.88 bits per heavy atom. The molecule has 0 radical (unpaired) electrons. The average Bonchev–Trinajstić information content (AvgIpc) is 3.03. The molecule has 0 bridgehead atoms. The van der Waals surface area contributed by atoms with Gasteiger partial charge in [0.25, 0.3) is 5.91 Å². The fourth-order valence-electron chi connectivity index (χ4n) is 3.55. The maximum absolute atomic E-state index is 13.0. The second-order valence-corrected chi connectivity index (χ2v) is 7.27. The molecule has 2 aromatic rings. The van der Waals surface area contributed by atoms with Crippen LogP contribution in [0.1, 0.15) is 47.9 Å². The van der Waals surface area contributed by atoms with Crippen LogP contribution in [0.25, 0.3) is 0 Å². The number of aromatic nitrogens is 4. The number of hydrogen-bond acceptors (Lipinski definition) is 6. The lowest BCUT2D eigenvalue weighted by Gasteiger charge is -2.17. The lowest BCUT2D eigenvalue weighted by Crippen LogP contribution is -2.31. The highest BCUT2D eigenvalue weighted by molar-refractivity contribution is 5.92. The number of rotatable bonds is 7. The molecule has 140 valence electrons. The molecule has 1 aliphatic heterocycles. The zero-order valence-corrected chi connectivity index (χ0v) is 15.3. The van der Waals surface area contributed by atoms with Crippen LogP contribution in [0.5, 0.6) is 0 Å². The predicted molar refractivity (Wildman–Crippen MR) is 92.6 cm³/mol. The second kappa shape index (κ2) is 7.19. The molecule has 2 atom stereocenters. The third-order valence-corrected chi connectivity index (χ3v) is 5.21. The van der Waals surface area contributed by atoms with Crippen LogP contribution in [-0.2, 0) is 11.3 Å². The van der Waals surface area contributed by atoms with E-state index in [-0.39, 0.29) is 17.7 Å². The van der Waals surface area contributed by atoms with Gasteiger partial charge >= 0.3 is 0 Å². The fourth-order valence-corrected chi connectivity index (χ4v) is 3.55. The van der Waals surface area contributed by atoms with Gasteiger partial charge in [-0.15, -0.1) is 0 Å². The van der Waals surface area contributed by atoms with Crippen molar-refractivity contribution in [2.24, 2.45) is 11.8 Å². The first-order valence-electron chi connectivity index (χ1n) is 9.34. The average molecular weight is 359 g/mol. The van der Waals surface area contributed by atoms with Crippen molar-refractivity contribution in [3.63, 3.8) is 0 Å². The molecule has 2 unspecified atom stereocenters. The van der Waals surface area contributed by atoms with E-state index in [4.69, 9.17) is 9.26 Å². The molecule has 26 heavy (non-hydrogen) atoms. The number of likely N-dealkylation sites (tertiary alicyclic amines) is 1. The molecule has 2 aromatic heterocycles. The van der Waals surface area contributed by atoms with Gasteiger partial charge < -0.3 is 14.2 Å². The first-order chi connectivity index (χ1) is 12.7. The third-order valence-electron chi connectivity index (χ3n) is 5.21. The standard InChI is InChI=1S/C18H25N5O3/c1-3-23-16(6-7-19-23)18(24)22-8-14(11-25-10-13-4-5-13)15(9-22)17-20-12(2)21-26-17/h6-7,13-15H,3-5,8-11H2,1-2H3. The molecule has 2 aliphatic rings. The van der Waals surface area contributed by atoms with Crippen molar-refractivity contribution in [2.75, 3.05) is 26.3 Å². The maximum Gasteiger partial charge on any atom is 0.272 e. The van der Waals surface area contributed by atoms with Crippen LogP contribution < -0.4 is 0 Å². The van der Waals surface area contributed by atoms with Gasteiger partial charge in [-0.25, -0.2) is 0 Å². The topological polar surface area (TPSA) is 86.3 Å². The molecule has 1 aliphatic carbocycles. The smallest absolute Gasteiger partial charge is 0.272 e. The molecular formula is C18H25N5O3. The first kappa shape index (κ1) is 17.2. The summed E-state index contributed by atoms with van der Waals surface area (Å²) in [6, 6.07) is 1.77. The molecule has 8 nitrogen and oxygen atoms in total. The summed E-state index contributed by atoms with van der Waals surface area (Å²) in [6.07, 6.45) is 4.20. The van der Waals surface area contributed by atoms with E-state index in [0.29, 0.717) is 43.7 Å². The van der Waals surface area contributed by atoms with Crippen LogP contribution in [-0.4, -0.2) is 57.0 Å². The Morgan fingerprint density at radius 2 is 2.19 bits per heavy atom. The Labute approximate surface area is 152 Å². The number of ether oxygens (including phenoxy) is 1. The van der Waals surface area contributed by atoms with Gasteiger partial charge in [-0.1, -0.05) is 5.16 Å². The molecule has 3 heterocycles. The van der Waals surface area contributed by atoms with Crippen molar-refractivity contribution in [3.05, 3.63) is 29.7 Å². The van der Waals surface area contributed by atoms with Gasteiger partial charge in [0.05, 0.1) is 12.5 Å². The zero-order chi connectivity index (χ0) is 18.1. The monoisotopic (exact) mass is 359 g/mol. The van der Waals surface area contributed by atoms with Crippen molar-refractivity contribution >= 4 is 5.91 Å². The molecule has 0 aromatic carbocycles. The van der Waals surface area contributed by atoms with E-state index < -0.39 is 0 Å². The molecule has 1 saturated heterocycles. The SMILES string of the molecule is CCn1nccc1C(=O)N1CC(COCC2CC2)C(c2nc(C)no2)C1. The summed E-state index contributed by atoms with van der Waals surface area (Å²) in [7, 11) is 0. The molecule has 4 rings (SSSR count). The van der Waals surface area contributed by atoms with Crippen LogP contribution in [0.4, 0.5) is 0 Å². The van der Waals surface area contributed by atoms with Crippen LogP contribution in [0.3, 0.4) is 0 Å². The van der Waals surface area contributed by atoms with E-state index in [1.807, 2.05) is 18.7 Å². The molecule has 8 heteroatoms. The lowest BCUT2D eigenvalue weighted by molar-refractivity contribution is 0.0727. The summed E-state index contributed by atoms with van der Waals surface area (Å²) >= 11 is 0. The van der Waals surface area contributed by atoms with Crippen LogP contribution in [0, 0.1) is 18.8 Å². The first-order valence-corrected chi connectivity index (χ1v) is 9.34. The van der Waals surface area contributed by atoms with E-state index in [1.165, 1.54) is 12.8 Å². The summed E-state index contributed by atoms with van der Waals surface area (Å²) < 4.78 is 13.1. The summed E-state index contributed by atoms with van der Waals surface area (Å²) in [4.78, 5) is 19.2.